The van der Waals surface area contributed by atoms with Crippen molar-refractivity contribution in [1.29, 1.82) is 0 Å². The number of ether oxygens (including phenoxy) is 3. The van der Waals surface area contributed by atoms with Gasteiger partial charge in [-0.05, 0) is 36.6 Å². The lowest BCUT2D eigenvalue weighted by atomic mass is 10.0. The summed E-state index contributed by atoms with van der Waals surface area (Å²) in [5.41, 5.74) is 2.75. The Bertz CT molecular complexity index is 1120. The molecule has 1 atom stereocenters. The Kier molecular flexibility index (Phi) is 7.64. The Morgan fingerprint density at radius 1 is 1.21 bits per heavy atom. The monoisotopic (exact) mass is 468 g/mol. The first-order valence-corrected chi connectivity index (χ1v) is 11.7. The summed E-state index contributed by atoms with van der Waals surface area (Å²) >= 11 is 0. The van der Waals surface area contributed by atoms with E-state index in [0.29, 0.717) is 49.1 Å². The van der Waals surface area contributed by atoms with E-state index in [2.05, 4.69) is 20.4 Å². The summed E-state index contributed by atoms with van der Waals surface area (Å²) in [4.78, 5) is 19.7. The summed E-state index contributed by atoms with van der Waals surface area (Å²) in [6.45, 7) is 9.86. The molecule has 0 saturated carbocycles. The van der Waals surface area contributed by atoms with Gasteiger partial charge in [0.1, 0.15) is 0 Å². The van der Waals surface area contributed by atoms with E-state index in [1.807, 2.05) is 39.0 Å². The number of pyridine rings is 1. The molecule has 0 aliphatic carbocycles. The van der Waals surface area contributed by atoms with Crippen LogP contribution in [-0.2, 0) is 4.74 Å². The van der Waals surface area contributed by atoms with Crippen LogP contribution in [-0.4, -0.2) is 67.5 Å². The minimum atomic E-state index is -0.193. The van der Waals surface area contributed by atoms with E-state index in [1.54, 1.807) is 13.2 Å². The van der Waals surface area contributed by atoms with Crippen molar-refractivity contribution in [2.75, 3.05) is 46.6 Å². The largest absolute Gasteiger partial charge is 0.493 e. The van der Waals surface area contributed by atoms with Crippen molar-refractivity contribution < 1.29 is 23.5 Å². The van der Waals surface area contributed by atoms with Crippen LogP contribution in [0.25, 0.3) is 11.1 Å². The van der Waals surface area contributed by atoms with Crippen LogP contribution in [0.4, 0.5) is 0 Å². The first kappa shape index (κ1) is 24.0. The van der Waals surface area contributed by atoms with Gasteiger partial charge in [0, 0.05) is 25.8 Å². The average Bonchev–Trinajstić information content (AvgIpc) is 3.29. The van der Waals surface area contributed by atoms with Gasteiger partial charge in [-0.25, -0.2) is 4.98 Å². The number of amides is 1. The summed E-state index contributed by atoms with van der Waals surface area (Å²) < 4.78 is 22.1. The zero-order chi connectivity index (χ0) is 24.1. The Morgan fingerprint density at radius 3 is 2.71 bits per heavy atom. The highest BCUT2D eigenvalue weighted by molar-refractivity contribution is 5.97. The molecule has 1 N–H and O–H groups in total. The van der Waals surface area contributed by atoms with E-state index < -0.39 is 0 Å². The molecule has 1 unspecified atom stereocenters. The topological polar surface area (TPSA) is 99.0 Å². The van der Waals surface area contributed by atoms with Crippen LogP contribution in [0.1, 0.15) is 54.3 Å². The lowest BCUT2D eigenvalue weighted by molar-refractivity contribution is 0.0162. The van der Waals surface area contributed by atoms with E-state index in [9.17, 15) is 4.79 Å². The molecule has 1 aliphatic heterocycles. The van der Waals surface area contributed by atoms with E-state index in [-0.39, 0.29) is 17.9 Å². The second-order valence-corrected chi connectivity index (χ2v) is 8.52. The van der Waals surface area contributed by atoms with E-state index in [4.69, 9.17) is 18.7 Å². The van der Waals surface area contributed by atoms with Crippen molar-refractivity contribution in [2.45, 2.75) is 32.7 Å². The number of benzene rings is 1. The molecule has 0 bridgehead atoms. The molecule has 182 valence electrons. The van der Waals surface area contributed by atoms with Crippen molar-refractivity contribution in [3.63, 3.8) is 0 Å². The number of methoxy groups -OCH3 is 1. The Hall–Kier alpha value is -3.17. The Morgan fingerprint density at radius 2 is 2.00 bits per heavy atom. The summed E-state index contributed by atoms with van der Waals surface area (Å²) in [7, 11) is 1.63. The van der Waals surface area contributed by atoms with Crippen molar-refractivity contribution >= 4 is 17.0 Å². The molecule has 0 radical (unpaired) electrons. The van der Waals surface area contributed by atoms with Gasteiger partial charge < -0.3 is 24.1 Å². The first-order chi connectivity index (χ1) is 16.5. The highest BCUT2D eigenvalue weighted by atomic mass is 16.5. The molecule has 34 heavy (non-hydrogen) atoms. The molecule has 1 aromatic carbocycles. The maximum atomic E-state index is 13.1. The number of fused-ring (bicyclic) bond motifs is 1. The summed E-state index contributed by atoms with van der Waals surface area (Å²) in [5, 5.41) is 7.96. The molecule has 3 aromatic rings. The molecule has 1 saturated heterocycles. The van der Waals surface area contributed by atoms with Gasteiger partial charge in [-0.1, -0.05) is 25.1 Å². The average molecular weight is 469 g/mol. The second-order valence-electron chi connectivity index (χ2n) is 8.52. The van der Waals surface area contributed by atoms with Gasteiger partial charge in [-0.15, -0.1) is 0 Å². The van der Waals surface area contributed by atoms with Crippen LogP contribution < -0.4 is 14.8 Å². The number of aromatic nitrogens is 2. The molecular formula is C25H32N4O5. The fourth-order valence-corrected chi connectivity index (χ4v) is 4.20. The van der Waals surface area contributed by atoms with E-state index in [1.165, 1.54) is 6.20 Å². The van der Waals surface area contributed by atoms with Crippen LogP contribution in [0.2, 0.25) is 0 Å². The molecular weight excluding hydrogens is 436 g/mol. The third-order valence-electron chi connectivity index (χ3n) is 5.98. The van der Waals surface area contributed by atoms with Gasteiger partial charge in [-0.3, -0.25) is 9.69 Å². The Balaban J connectivity index is 1.56. The van der Waals surface area contributed by atoms with Crippen LogP contribution in [0.15, 0.2) is 35.0 Å². The highest BCUT2D eigenvalue weighted by Crippen LogP contribution is 2.32. The number of nitrogens with zero attached hydrogens (tertiary/aromatic N) is 3. The van der Waals surface area contributed by atoms with Crippen molar-refractivity contribution in [2.24, 2.45) is 0 Å². The zero-order valence-corrected chi connectivity index (χ0v) is 20.2. The summed E-state index contributed by atoms with van der Waals surface area (Å²) in [6, 6.07) is 7.68. The number of hydrogen-bond acceptors (Lipinski definition) is 8. The molecule has 3 heterocycles. The quantitative estimate of drug-likeness (QED) is 0.509. The van der Waals surface area contributed by atoms with Gasteiger partial charge in [0.2, 0.25) is 0 Å². The lowest BCUT2D eigenvalue weighted by Gasteiger charge is -2.35. The fourth-order valence-electron chi connectivity index (χ4n) is 4.20. The van der Waals surface area contributed by atoms with Gasteiger partial charge in [0.05, 0.1) is 49.6 Å². The maximum Gasteiger partial charge on any atom is 0.257 e. The van der Waals surface area contributed by atoms with Gasteiger partial charge in [0.25, 0.3) is 11.6 Å². The van der Waals surface area contributed by atoms with Gasteiger partial charge >= 0.3 is 0 Å². The molecule has 1 fully saturated rings. The Labute approximate surface area is 199 Å². The number of nitrogens with one attached hydrogen (secondary N) is 1. The maximum absolute atomic E-state index is 13.1. The third-order valence-corrected chi connectivity index (χ3v) is 5.98. The molecule has 1 amide bonds. The fraction of sp³-hybridized carbons (Fsp3) is 0.480. The van der Waals surface area contributed by atoms with Crippen LogP contribution in [0.5, 0.6) is 11.5 Å². The van der Waals surface area contributed by atoms with Crippen molar-refractivity contribution in [1.82, 2.24) is 20.4 Å². The molecule has 9 heteroatoms. The molecule has 0 spiro atoms. The predicted molar refractivity (Wildman–Crippen MR) is 128 cm³/mol. The number of rotatable bonds is 9. The summed E-state index contributed by atoms with van der Waals surface area (Å²) in [5.74, 6) is 1.35. The van der Waals surface area contributed by atoms with Crippen LogP contribution >= 0.6 is 0 Å². The number of morpholine rings is 1. The number of carbonyl (C=O) groups excluding carboxylic acids is 1. The van der Waals surface area contributed by atoms with E-state index >= 15 is 0 Å². The zero-order valence-electron chi connectivity index (χ0n) is 20.2. The highest BCUT2D eigenvalue weighted by Gasteiger charge is 2.25. The molecule has 2 aromatic heterocycles. The number of hydrogen-bond donors (Lipinski definition) is 1. The first-order valence-electron chi connectivity index (χ1n) is 11.7. The minimum absolute atomic E-state index is 0.0454. The van der Waals surface area contributed by atoms with Gasteiger partial charge in [0.15, 0.2) is 11.5 Å². The van der Waals surface area contributed by atoms with Gasteiger partial charge in [-0.2, -0.15) is 0 Å². The minimum Gasteiger partial charge on any atom is -0.493 e. The second kappa shape index (κ2) is 10.8. The normalized spacial score (nSPS) is 15.4. The van der Waals surface area contributed by atoms with Crippen molar-refractivity contribution in [3.05, 3.63) is 47.3 Å². The van der Waals surface area contributed by atoms with Crippen molar-refractivity contribution in [3.8, 4) is 11.5 Å². The standard InChI is InChI=1S/C25H32N4O5/c1-5-33-21-7-6-17(13-22(21)31-4)20(29-8-10-32-11-9-29)15-26-24(30)18-12-19-23(16(2)3)28-34-25(19)27-14-18/h6-7,12-14,16,20H,5,8-11,15H2,1-4H3,(H,26,30). The number of carbonyl (C=O) groups is 1. The SMILES string of the molecule is CCOc1ccc(C(CNC(=O)c2cnc3onc(C(C)C)c3c2)N2CCOCC2)cc1OC. The smallest absolute Gasteiger partial charge is 0.257 e. The predicted octanol–water partition coefficient (Wildman–Crippen LogP) is 3.56. The summed E-state index contributed by atoms with van der Waals surface area (Å²) in [6.07, 6.45) is 1.52. The molecule has 9 nitrogen and oxygen atoms in total. The third kappa shape index (κ3) is 5.15. The molecule has 1 aliphatic rings. The van der Waals surface area contributed by atoms with Crippen LogP contribution in [0.3, 0.4) is 0 Å². The van der Waals surface area contributed by atoms with E-state index in [0.717, 1.165) is 29.7 Å². The molecule has 4 rings (SSSR count). The lowest BCUT2D eigenvalue weighted by Crippen LogP contribution is -2.43. The van der Waals surface area contributed by atoms with Crippen LogP contribution in [0, 0.1) is 0 Å².